The molecule has 0 spiro atoms. The van der Waals surface area contributed by atoms with Crippen LogP contribution in [0.15, 0.2) is 41.7 Å². The van der Waals surface area contributed by atoms with Gasteiger partial charge in [0.15, 0.2) is 17.2 Å². The van der Waals surface area contributed by atoms with E-state index in [0.29, 0.717) is 11.4 Å². The lowest BCUT2D eigenvalue weighted by Crippen LogP contribution is -2.14. The van der Waals surface area contributed by atoms with Gasteiger partial charge < -0.3 is 4.74 Å². The van der Waals surface area contributed by atoms with Crippen LogP contribution in [0.2, 0.25) is 0 Å². The third-order valence-corrected chi connectivity index (χ3v) is 3.74. The molecule has 0 unspecified atom stereocenters. The van der Waals surface area contributed by atoms with Crippen molar-refractivity contribution in [1.82, 2.24) is 14.6 Å². The summed E-state index contributed by atoms with van der Waals surface area (Å²) < 4.78 is 20.7. The van der Waals surface area contributed by atoms with Crippen LogP contribution in [0.4, 0.5) is 16.0 Å². The molecule has 3 aromatic rings. The average Bonchev–Trinajstić information content (AvgIpc) is 3.38. The van der Waals surface area contributed by atoms with Crippen LogP contribution in [0, 0.1) is 16.6 Å². The van der Waals surface area contributed by atoms with E-state index in [-0.39, 0.29) is 29.2 Å². The van der Waals surface area contributed by atoms with E-state index in [2.05, 4.69) is 20.6 Å². The first-order chi connectivity index (χ1) is 12.1. The maximum Gasteiger partial charge on any atom is 0.249 e. The van der Waals surface area contributed by atoms with Crippen molar-refractivity contribution in [3.8, 4) is 11.5 Å². The molecule has 1 saturated carbocycles. The minimum absolute atomic E-state index is 0.0207. The number of ether oxygens (including phenoxy) is 1. The number of carbonyl (C=O) groups is 1. The maximum absolute atomic E-state index is 13.9. The lowest BCUT2D eigenvalue weighted by Gasteiger charge is -2.06. The predicted octanol–water partition coefficient (Wildman–Crippen LogP) is 3.41. The van der Waals surface area contributed by atoms with Crippen molar-refractivity contribution in [3.05, 3.63) is 47.3 Å². The summed E-state index contributed by atoms with van der Waals surface area (Å²) in [4.78, 5) is 26.3. The molecule has 1 aliphatic carbocycles. The summed E-state index contributed by atoms with van der Waals surface area (Å²) in [5.41, 5.74) is 0.493. The van der Waals surface area contributed by atoms with Gasteiger partial charge in [-0.2, -0.15) is 4.98 Å². The van der Waals surface area contributed by atoms with Gasteiger partial charge in [0.2, 0.25) is 11.9 Å². The number of fused-ring (bicyclic) bond motifs is 1. The molecule has 1 amide bonds. The Morgan fingerprint density at radius 3 is 2.88 bits per heavy atom. The van der Waals surface area contributed by atoms with Gasteiger partial charge >= 0.3 is 0 Å². The Kier molecular flexibility index (Phi) is 3.60. The van der Waals surface area contributed by atoms with Crippen LogP contribution in [0.1, 0.15) is 12.8 Å². The van der Waals surface area contributed by atoms with E-state index >= 15 is 0 Å². The zero-order chi connectivity index (χ0) is 17.4. The predicted molar refractivity (Wildman–Crippen MR) is 86.3 cm³/mol. The molecule has 0 aliphatic heterocycles. The molecule has 1 aromatic carbocycles. The number of nitrogens with zero attached hydrogens (tertiary/aromatic N) is 4. The second-order valence-electron chi connectivity index (χ2n) is 5.67. The van der Waals surface area contributed by atoms with Gasteiger partial charge in [-0.25, -0.2) is 8.91 Å². The summed E-state index contributed by atoms with van der Waals surface area (Å²) in [6, 6.07) is 6.89. The van der Waals surface area contributed by atoms with E-state index in [4.69, 9.17) is 4.74 Å². The lowest BCUT2D eigenvalue weighted by atomic mass is 10.3. The van der Waals surface area contributed by atoms with Crippen molar-refractivity contribution >= 4 is 23.2 Å². The number of nitrogens with one attached hydrogen (secondary N) is 1. The molecule has 1 fully saturated rings. The van der Waals surface area contributed by atoms with E-state index in [0.717, 1.165) is 18.9 Å². The summed E-state index contributed by atoms with van der Waals surface area (Å²) in [6.45, 7) is 0. The molecule has 1 N–H and O–H groups in total. The normalized spacial score (nSPS) is 13.6. The zero-order valence-corrected chi connectivity index (χ0v) is 12.8. The SMILES string of the molecule is O=Nc1ccc(Oc2ccc3nc(NC(=O)C4CC4)nn3c2)c(F)c1. The van der Waals surface area contributed by atoms with Crippen molar-refractivity contribution in [2.45, 2.75) is 12.8 Å². The Morgan fingerprint density at radius 2 is 2.16 bits per heavy atom. The number of anilines is 1. The number of halogens is 1. The number of hydrogen-bond acceptors (Lipinski definition) is 6. The zero-order valence-electron chi connectivity index (χ0n) is 12.8. The number of benzene rings is 1. The molecule has 0 radical (unpaired) electrons. The van der Waals surface area contributed by atoms with Crippen molar-refractivity contribution in [3.63, 3.8) is 0 Å². The van der Waals surface area contributed by atoms with Crippen molar-refractivity contribution in [2.24, 2.45) is 11.1 Å². The molecular weight excluding hydrogens is 329 g/mol. The topological polar surface area (TPSA) is 98.0 Å². The van der Waals surface area contributed by atoms with Gasteiger partial charge in [0.25, 0.3) is 0 Å². The molecule has 0 saturated heterocycles. The number of rotatable bonds is 5. The van der Waals surface area contributed by atoms with Crippen LogP contribution in [-0.2, 0) is 4.79 Å². The molecule has 0 bridgehead atoms. The molecule has 2 heterocycles. The quantitative estimate of drug-likeness (QED) is 0.717. The summed E-state index contributed by atoms with van der Waals surface area (Å²) in [5.74, 6) is -0.247. The number of carbonyl (C=O) groups excluding carboxylic acids is 1. The summed E-state index contributed by atoms with van der Waals surface area (Å²) in [6.07, 6.45) is 3.29. The van der Waals surface area contributed by atoms with Crippen LogP contribution in [0.25, 0.3) is 5.65 Å². The van der Waals surface area contributed by atoms with Crippen LogP contribution in [-0.4, -0.2) is 20.5 Å². The van der Waals surface area contributed by atoms with E-state index in [1.165, 1.54) is 22.8 Å². The third-order valence-electron chi connectivity index (χ3n) is 3.74. The van der Waals surface area contributed by atoms with Crippen molar-refractivity contribution in [1.29, 1.82) is 0 Å². The van der Waals surface area contributed by atoms with E-state index < -0.39 is 5.82 Å². The second kappa shape index (κ2) is 5.93. The molecule has 4 rings (SSSR count). The molecule has 1 aliphatic rings. The van der Waals surface area contributed by atoms with Gasteiger partial charge in [-0.05, 0) is 42.3 Å². The molecule has 2 aromatic heterocycles. The Hall–Kier alpha value is -3.36. The number of pyridine rings is 1. The maximum atomic E-state index is 13.9. The minimum atomic E-state index is -0.701. The lowest BCUT2D eigenvalue weighted by molar-refractivity contribution is -0.117. The second-order valence-corrected chi connectivity index (χ2v) is 5.67. The first-order valence-corrected chi connectivity index (χ1v) is 7.60. The highest BCUT2D eigenvalue weighted by atomic mass is 19.1. The number of hydrogen-bond donors (Lipinski definition) is 1. The Balaban J connectivity index is 1.56. The van der Waals surface area contributed by atoms with Gasteiger partial charge in [0, 0.05) is 12.0 Å². The van der Waals surface area contributed by atoms with Gasteiger partial charge in [-0.3, -0.25) is 10.1 Å². The standard InChI is InChI=1S/C16H12FN5O3/c17-12-7-10(21-24)3-5-13(12)25-11-4-6-14-18-16(20-22(14)8-11)19-15(23)9-1-2-9/h3-9H,1-2H2,(H,19,20,23). The third kappa shape index (κ3) is 3.16. The molecule has 25 heavy (non-hydrogen) atoms. The summed E-state index contributed by atoms with van der Waals surface area (Å²) in [7, 11) is 0. The van der Waals surface area contributed by atoms with Gasteiger partial charge in [0.05, 0.1) is 6.20 Å². The fourth-order valence-corrected chi connectivity index (χ4v) is 2.29. The Morgan fingerprint density at radius 1 is 1.32 bits per heavy atom. The first-order valence-electron chi connectivity index (χ1n) is 7.60. The van der Waals surface area contributed by atoms with Crippen LogP contribution >= 0.6 is 0 Å². The molecule has 0 atom stereocenters. The van der Waals surface area contributed by atoms with Gasteiger partial charge in [-0.15, -0.1) is 10.0 Å². The van der Waals surface area contributed by atoms with Crippen LogP contribution < -0.4 is 10.1 Å². The molecule has 8 nitrogen and oxygen atoms in total. The fraction of sp³-hybridized carbons (Fsp3) is 0.188. The smallest absolute Gasteiger partial charge is 0.249 e. The van der Waals surface area contributed by atoms with E-state index in [1.54, 1.807) is 12.1 Å². The summed E-state index contributed by atoms with van der Waals surface area (Å²) in [5, 5.41) is 9.48. The van der Waals surface area contributed by atoms with Crippen molar-refractivity contribution in [2.75, 3.05) is 5.32 Å². The van der Waals surface area contributed by atoms with Crippen LogP contribution in [0.3, 0.4) is 0 Å². The Labute approximate surface area is 140 Å². The van der Waals surface area contributed by atoms with Gasteiger partial charge in [0.1, 0.15) is 11.4 Å². The average molecular weight is 341 g/mol. The highest BCUT2D eigenvalue weighted by Gasteiger charge is 2.30. The first kappa shape index (κ1) is 15.2. The number of aromatic nitrogens is 3. The number of nitroso groups, excluding NO2 is 1. The summed E-state index contributed by atoms with van der Waals surface area (Å²) >= 11 is 0. The molecule has 126 valence electrons. The van der Waals surface area contributed by atoms with E-state index in [1.807, 2.05) is 0 Å². The highest BCUT2D eigenvalue weighted by Crippen LogP contribution is 2.30. The monoisotopic (exact) mass is 341 g/mol. The molecule has 9 heteroatoms. The highest BCUT2D eigenvalue weighted by molar-refractivity contribution is 5.92. The number of amides is 1. The Bertz CT molecular complexity index is 983. The van der Waals surface area contributed by atoms with Crippen LogP contribution in [0.5, 0.6) is 11.5 Å². The largest absolute Gasteiger partial charge is 0.453 e. The van der Waals surface area contributed by atoms with Crippen molar-refractivity contribution < 1.29 is 13.9 Å². The molecular formula is C16H12FN5O3. The fourth-order valence-electron chi connectivity index (χ4n) is 2.29. The minimum Gasteiger partial charge on any atom is -0.453 e. The van der Waals surface area contributed by atoms with E-state index in [9.17, 15) is 14.1 Å². The van der Waals surface area contributed by atoms with Gasteiger partial charge in [-0.1, -0.05) is 0 Å².